The van der Waals surface area contributed by atoms with E-state index >= 15 is 0 Å². The molecule has 0 saturated carbocycles. The van der Waals surface area contributed by atoms with Crippen LogP contribution in [0.25, 0.3) is 21.8 Å². The highest BCUT2D eigenvalue weighted by Crippen LogP contribution is 2.23. The lowest BCUT2D eigenvalue weighted by atomic mass is 10.1. The molecule has 7 nitrogen and oxygen atoms in total. The Bertz CT molecular complexity index is 1030. The minimum Gasteiger partial charge on any atom is -0.347 e. The molecule has 4 aromatic rings. The number of thiophene rings is 1. The Morgan fingerprint density at radius 2 is 2.27 bits per heavy atom. The van der Waals surface area contributed by atoms with Crippen molar-refractivity contribution in [2.45, 2.75) is 6.54 Å². The fraction of sp³-hybridized carbons (Fsp3) is 0.111. The van der Waals surface area contributed by atoms with Gasteiger partial charge in [0.25, 0.3) is 5.91 Å². The third-order valence-corrected chi connectivity index (χ3v) is 4.78. The third kappa shape index (κ3) is 3.40. The van der Waals surface area contributed by atoms with Crippen LogP contribution in [-0.4, -0.2) is 30.9 Å². The molecule has 0 aliphatic rings. The molecule has 0 aliphatic carbocycles. The van der Waals surface area contributed by atoms with Gasteiger partial charge in [-0.2, -0.15) is 10.2 Å². The number of nitrogens with zero attached hydrogens (tertiary/aromatic N) is 4. The summed E-state index contributed by atoms with van der Waals surface area (Å²) in [5, 5.41) is 16.0. The van der Waals surface area contributed by atoms with Gasteiger partial charge in [-0.05, 0) is 35.2 Å². The Morgan fingerprint density at radius 1 is 1.35 bits per heavy atom. The Balaban J connectivity index is 1.43. The molecule has 0 bridgehead atoms. The van der Waals surface area contributed by atoms with Crippen molar-refractivity contribution in [1.29, 1.82) is 0 Å². The molecule has 0 spiro atoms. The zero-order chi connectivity index (χ0) is 17.9. The molecule has 130 valence electrons. The zero-order valence-corrected chi connectivity index (χ0v) is 14.8. The summed E-state index contributed by atoms with van der Waals surface area (Å²) in [5.74, 6) is -0.219. The van der Waals surface area contributed by atoms with Crippen LogP contribution in [0.3, 0.4) is 0 Å². The number of aromatic nitrogens is 5. The molecule has 0 saturated heterocycles. The molecule has 26 heavy (non-hydrogen) atoms. The standard InChI is InChI=1S/C18H16N6OS/c1-24-11-13(10-21-24)14-7-12(4-5-19-14)9-20-18(25)16-8-15(22-23-16)17-3-2-6-26-17/h2-8,10-11H,9H2,1H3,(H,20,25)(H,22,23). The van der Waals surface area contributed by atoms with Crippen LogP contribution in [0.2, 0.25) is 0 Å². The predicted octanol–water partition coefficient (Wildman–Crippen LogP) is 2.86. The van der Waals surface area contributed by atoms with E-state index in [0.29, 0.717) is 12.2 Å². The van der Waals surface area contributed by atoms with E-state index in [4.69, 9.17) is 0 Å². The largest absolute Gasteiger partial charge is 0.347 e. The first-order chi connectivity index (χ1) is 12.7. The van der Waals surface area contributed by atoms with Crippen LogP contribution in [0.4, 0.5) is 0 Å². The van der Waals surface area contributed by atoms with E-state index in [2.05, 4.69) is 25.6 Å². The summed E-state index contributed by atoms with van der Waals surface area (Å²) in [4.78, 5) is 17.7. The van der Waals surface area contributed by atoms with Crippen molar-refractivity contribution in [3.63, 3.8) is 0 Å². The molecule has 2 N–H and O–H groups in total. The number of pyridine rings is 1. The number of carbonyl (C=O) groups excluding carboxylic acids is 1. The quantitative estimate of drug-likeness (QED) is 0.570. The van der Waals surface area contributed by atoms with Gasteiger partial charge in [-0.3, -0.25) is 19.6 Å². The topological polar surface area (TPSA) is 88.5 Å². The molecule has 0 aromatic carbocycles. The number of nitrogens with one attached hydrogen (secondary N) is 2. The smallest absolute Gasteiger partial charge is 0.272 e. The van der Waals surface area contributed by atoms with Gasteiger partial charge in [-0.25, -0.2) is 0 Å². The Kier molecular flexibility index (Phi) is 4.32. The highest BCUT2D eigenvalue weighted by molar-refractivity contribution is 7.13. The molecule has 4 aromatic heterocycles. The monoisotopic (exact) mass is 364 g/mol. The fourth-order valence-corrected chi connectivity index (χ4v) is 3.26. The lowest BCUT2D eigenvalue weighted by Crippen LogP contribution is -2.23. The van der Waals surface area contributed by atoms with Gasteiger partial charge in [0, 0.05) is 31.5 Å². The van der Waals surface area contributed by atoms with Gasteiger partial charge in [-0.1, -0.05) is 6.07 Å². The van der Waals surface area contributed by atoms with E-state index in [-0.39, 0.29) is 5.91 Å². The second kappa shape index (κ2) is 6.93. The van der Waals surface area contributed by atoms with Gasteiger partial charge in [0.05, 0.1) is 22.5 Å². The molecule has 0 radical (unpaired) electrons. The summed E-state index contributed by atoms with van der Waals surface area (Å²) < 4.78 is 1.73. The summed E-state index contributed by atoms with van der Waals surface area (Å²) in [7, 11) is 1.86. The average molecular weight is 364 g/mol. The molecule has 1 amide bonds. The lowest BCUT2D eigenvalue weighted by Gasteiger charge is -2.05. The van der Waals surface area contributed by atoms with Gasteiger partial charge >= 0.3 is 0 Å². The van der Waals surface area contributed by atoms with E-state index in [9.17, 15) is 4.79 Å². The SMILES string of the molecule is Cn1cc(-c2cc(CNC(=O)c3cc(-c4cccs4)[nH]n3)ccn2)cn1. The van der Waals surface area contributed by atoms with E-state index in [1.54, 1.807) is 34.5 Å². The minimum atomic E-state index is -0.219. The van der Waals surface area contributed by atoms with E-state index < -0.39 is 0 Å². The maximum atomic E-state index is 12.3. The van der Waals surface area contributed by atoms with Gasteiger partial charge in [-0.15, -0.1) is 11.3 Å². The van der Waals surface area contributed by atoms with Crippen LogP contribution >= 0.6 is 11.3 Å². The first-order valence-corrected chi connectivity index (χ1v) is 8.88. The number of amides is 1. The third-order valence-electron chi connectivity index (χ3n) is 3.88. The molecule has 4 heterocycles. The number of rotatable bonds is 5. The number of H-pyrrole nitrogens is 1. The second-order valence-corrected chi connectivity index (χ2v) is 6.73. The average Bonchev–Trinajstić information content (AvgIpc) is 3.40. The van der Waals surface area contributed by atoms with Crippen molar-refractivity contribution in [3.05, 3.63) is 65.6 Å². The molecule has 0 atom stereocenters. The number of hydrogen-bond donors (Lipinski definition) is 2. The van der Waals surface area contributed by atoms with E-state index in [0.717, 1.165) is 27.4 Å². The Labute approximate surface area is 153 Å². The molecule has 0 unspecified atom stereocenters. The van der Waals surface area contributed by atoms with Crippen LogP contribution in [-0.2, 0) is 13.6 Å². The first kappa shape index (κ1) is 16.2. The predicted molar refractivity (Wildman–Crippen MR) is 99.5 cm³/mol. The Hall–Kier alpha value is -3.26. The summed E-state index contributed by atoms with van der Waals surface area (Å²) in [6, 6.07) is 9.52. The zero-order valence-electron chi connectivity index (χ0n) is 14.0. The number of aryl methyl sites for hydroxylation is 1. The molecule has 4 rings (SSSR count). The molecule has 8 heteroatoms. The summed E-state index contributed by atoms with van der Waals surface area (Å²) in [6.45, 7) is 0.399. The summed E-state index contributed by atoms with van der Waals surface area (Å²) in [5.41, 5.74) is 3.93. The van der Waals surface area contributed by atoms with Crippen molar-refractivity contribution in [2.24, 2.45) is 7.05 Å². The Morgan fingerprint density at radius 3 is 3.04 bits per heavy atom. The minimum absolute atomic E-state index is 0.219. The van der Waals surface area contributed by atoms with Crippen LogP contribution in [0.15, 0.2) is 54.3 Å². The normalized spacial score (nSPS) is 10.8. The maximum absolute atomic E-state index is 12.3. The highest BCUT2D eigenvalue weighted by atomic mass is 32.1. The molecule has 0 aliphatic heterocycles. The highest BCUT2D eigenvalue weighted by Gasteiger charge is 2.12. The van der Waals surface area contributed by atoms with E-state index in [1.165, 1.54) is 0 Å². The van der Waals surface area contributed by atoms with Gasteiger partial charge < -0.3 is 5.32 Å². The van der Waals surface area contributed by atoms with Crippen LogP contribution in [0, 0.1) is 0 Å². The number of carbonyl (C=O) groups is 1. The second-order valence-electron chi connectivity index (χ2n) is 5.78. The van der Waals surface area contributed by atoms with E-state index in [1.807, 2.05) is 42.9 Å². The van der Waals surface area contributed by atoms with Crippen LogP contribution < -0.4 is 5.32 Å². The molecular formula is C18H16N6OS. The van der Waals surface area contributed by atoms with Crippen molar-refractivity contribution in [1.82, 2.24) is 30.3 Å². The summed E-state index contributed by atoms with van der Waals surface area (Å²) in [6.07, 6.45) is 5.40. The lowest BCUT2D eigenvalue weighted by molar-refractivity contribution is 0.0946. The van der Waals surface area contributed by atoms with Crippen molar-refractivity contribution >= 4 is 17.2 Å². The van der Waals surface area contributed by atoms with Gasteiger partial charge in [0.1, 0.15) is 0 Å². The molecular weight excluding hydrogens is 348 g/mol. The van der Waals surface area contributed by atoms with Crippen molar-refractivity contribution < 1.29 is 4.79 Å². The first-order valence-electron chi connectivity index (χ1n) is 8.00. The summed E-state index contributed by atoms with van der Waals surface area (Å²) >= 11 is 1.60. The molecule has 0 fully saturated rings. The van der Waals surface area contributed by atoms with Crippen molar-refractivity contribution in [2.75, 3.05) is 0 Å². The fourth-order valence-electron chi connectivity index (χ4n) is 2.56. The van der Waals surface area contributed by atoms with Crippen LogP contribution in [0.1, 0.15) is 16.1 Å². The van der Waals surface area contributed by atoms with Crippen molar-refractivity contribution in [3.8, 4) is 21.8 Å². The van der Waals surface area contributed by atoms with Gasteiger partial charge in [0.15, 0.2) is 5.69 Å². The van der Waals surface area contributed by atoms with Crippen LogP contribution in [0.5, 0.6) is 0 Å². The maximum Gasteiger partial charge on any atom is 0.272 e. The van der Waals surface area contributed by atoms with Gasteiger partial charge in [0.2, 0.25) is 0 Å². The number of hydrogen-bond acceptors (Lipinski definition) is 5. The number of aromatic amines is 1.